The summed E-state index contributed by atoms with van der Waals surface area (Å²) in [4.78, 5) is 11.1. The van der Waals surface area contributed by atoms with Crippen LogP contribution in [0.15, 0.2) is 0 Å². The average molecular weight is 419 g/mol. The lowest BCUT2D eigenvalue weighted by atomic mass is 9.93. The third-order valence-corrected chi connectivity index (χ3v) is 7.00. The van der Waals surface area contributed by atoms with Crippen molar-refractivity contribution in [1.29, 1.82) is 0 Å². The molecule has 28 heavy (non-hydrogen) atoms. The third kappa shape index (κ3) is 16.7. The van der Waals surface area contributed by atoms with E-state index in [0.717, 1.165) is 50.7 Å². The predicted molar refractivity (Wildman–Crippen MR) is 121 cm³/mol. The maximum Gasteiger partial charge on any atom is 0.305 e. The van der Waals surface area contributed by atoms with Gasteiger partial charge in [0.25, 0.3) is 0 Å². The van der Waals surface area contributed by atoms with Gasteiger partial charge in [0.15, 0.2) is 0 Å². The van der Waals surface area contributed by atoms with Crippen LogP contribution >= 0.6 is 11.8 Å². The molecule has 0 fully saturated rings. The van der Waals surface area contributed by atoms with Gasteiger partial charge in [0.1, 0.15) is 0 Å². The zero-order chi connectivity index (χ0) is 21.1. The molecule has 0 aliphatic carbocycles. The molecule has 2 atom stereocenters. The van der Waals surface area contributed by atoms with Crippen LogP contribution in [0.5, 0.6) is 0 Å². The van der Waals surface area contributed by atoms with Crippen LogP contribution in [-0.4, -0.2) is 46.5 Å². The molecular weight excluding hydrogens is 372 g/mol. The molecule has 2 N–H and O–H groups in total. The number of methoxy groups -OCH3 is 1. The molecular formula is C23H46O4S. The van der Waals surface area contributed by atoms with E-state index in [1.54, 1.807) is 0 Å². The molecule has 0 aliphatic rings. The summed E-state index contributed by atoms with van der Waals surface area (Å²) < 4.78 is 4.81. The van der Waals surface area contributed by atoms with Gasteiger partial charge >= 0.3 is 5.97 Å². The van der Waals surface area contributed by atoms with Crippen LogP contribution < -0.4 is 0 Å². The SMILES string of the molecule is CCCCCC[C@H](O)CCC(C)(CCCCCCCCC(=O)OC)SCCO. The van der Waals surface area contributed by atoms with Crippen LogP contribution in [0, 0.1) is 0 Å². The third-order valence-electron chi connectivity index (χ3n) is 5.50. The van der Waals surface area contributed by atoms with Gasteiger partial charge in [-0.2, -0.15) is 11.8 Å². The van der Waals surface area contributed by atoms with Gasteiger partial charge in [-0.25, -0.2) is 0 Å². The number of hydrogen-bond acceptors (Lipinski definition) is 5. The van der Waals surface area contributed by atoms with Crippen molar-refractivity contribution >= 4 is 17.7 Å². The number of carbonyl (C=O) groups is 1. The Morgan fingerprint density at radius 2 is 1.61 bits per heavy atom. The number of aliphatic hydroxyl groups is 2. The summed E-state index contributed by atoms with van der Waals surface area (Å²) in [5.74, 6) is 0.667. The van der Waals surface area contributed by atoms with Crippen molar-refractivity contribution in [1.82, 2.24) is 0 Å². The van der Waals surface area contributed by atoms with Crippen molar-refractivity contribution < 1.29 is 19.7 Å². The topological polar surface area (TPSA) is 66.8 Å². The molecule has 0 spiro atoms. The first-order valence-corrected chi connectivity index (χ1v) is 12.5. The molecule has 0 amide bonds. The van der Waals surface area contributed by atoms with Gasteiger partial charge in [0.05, 0.1) is 19.8 Å². The van der Waals surface area contributed by atoms with E-state index in [4.69, 9.17) is 0 Å². The molecule has 0 radical (unpaired) electrons. The summed E-state index contributed by atoms with van der Waals surface area (Å²) in [5, 5.41) is 19.5. The molecule has 0 aromatic heterocycles. The monoisotopic (exact) mass is 418 g/mol. The first kappa shape index (κ1) is 27.7. The van der Waals surface area contributed by atoms with E-state index in [-0.39, 0.29) is 23.4 Å². The number of carbonyl (C=O) groups excluding carboxylic acids is 1. The second-order valence-corrected chi connectivity index (χ2v) is 9.94. The van der Waals surface area contributed by atoms with Gasteiger partial charge in [-0.3, -0.25) is 4.79 Å². The first-order chi connectivity index (χ1) is 13.5. The number of ether oxygens (including phenoxy) is 1. The number of unbranched alkanes of at least 4 members (excludes halogenated alkanes) is 8. The molecule has 0 saturated carbocycles. The zero-order valence-corrected chi connectivity index (χ0v) is 19.5. The largest absolute Gasteiger partial charge is 0.469 e. The quantitative estimate of drug-likeness (QED) is 0.191. The fourth-order valence-corrected chi connectivity index (χ4v) is 4.70. The first-order valence-electron chi connectivity index (χ1n) is 11.5. The summed E-state index contributed by atoms with van der Waals surface area (Å²) >= 11 is 1.86. The van der Waals surface area contributed by atoms with Crippen LogP contribution in [-0.2, 0) is 9.53 Å². The predicted octanol–water partition coefficient (Wildman–Crippen LogP) is 5.88. The standard InChI is InChI=1S/C23H46O4S/c1-4-5-6-11-14-21(25)16-18-23(2,28-20-19-24)17-13-10-8-7-9-12-15-22(26)27-3/h21,24-25H,4-20H2,1-3H3/t21-,23?/m0/s1. The van der Waals surface area contributed by atoms with Crippen LogP contribution in [0.2, 0.25) is 0 Å². The van der Waals surface area contributed by atoms with Crippen LogP contribution in [0.4, 0.5) is 0 Å². The average Bonchev–Trinajstić information content (AvgIpc) is 2.70. The van der Waals surface area contributed by atoms with Crippen molar-refractivity contribution in [2.75, 3.05) is 19.5 Å². The van der Waals surface area contributed by atoms with E-state index in [1.165, 1.54) is 52.1 Å². The molecule has 0 aromatic carbocycles. The zero-order valence-electron chi connectivity index (χ0n) is 18.7. The number of rotatable bonds is 20. The summed E-state index contributed by atoms with van der Waals surface area (Å²) in [7, 11) is 1.44. The van der Waals surface area contributed by atoms with E-state index in [9.17, 15) is 15.0 Å². The minimum Gasteiger partial charge on any atom is -0.469 e. The Hall–Kier alpha value is -0.260. The molecule has 168 valence electrons. The van der Waals surface area contributed by atoms with E-state index < -0.39 is 0 Å². The number of hydrogen-bond donors (Lipinski definition) is 2. The van der Waals surface area contributed by atoms with E-state index in [0.29, 0.717) is 6.42 Å². The van der Waals surface area contributed by atoms with E-state index in [2.05, 4.69) is 18.6 Å². The van der Waals surface area contributed by atoms with Crippen molar-refractivity contribution in [3.8, 4) is 0 Å². The van der Waals surface area contributed by atoms with Gasteiger partial charge in [0, 0.05) is 16.9 Å². The Balaban J connectivity index is 3.98. The van der Waals surface area contributed by atoms with E-state index in [1.807, 2.05) is 11.8 Å². The van der Waals surface area contributed by atoms with E-state index >= 15 is 0 Å². The van der Waals surface area contributed by atoms with Crippen LogP contribution in [0.1, 0.15) is 110 Å². The van der Waals surface area contributed by atoms with Gasteiger partial charge in [-0.05, 0) is 32.1 Å². The Labute approximate surface area is 178 Å². The summed E-state index contributed by atoms with van der Waals surface area (Å²) in [5.41, 5.74) is 0. The Kier molecular flexibility index (Phi) is 18.6. The van der Waals surface area contributed by atoms with Gasteiger partial charge in [-0.1, -0.05) is 71.6 Å². The maximum absolute atomic E-state index is 11.1. The minimum absolute atomic E-state index is 0.107. The smallest absolute Gasteiger partial charge is 0.305 e. The lowest BCUT2D eigenvalue weighted by molar-refractivity contribution is -0.140. The summed E-state index contributed by atoms with van der Waals surface area (Å²) in [6, 6.07) is 0. The second-order valence-electron chi connectivity index (χ2n) is 8.26. The molecule has 0 aromatic rings. The van der Waals surface area contributed by atoms with Crippen LogP contribution in [0.25, 0.3) is 0 Å². The molecule has 0 bridgehead atoms. The Morgan fingerprint density at radius 1 is 0.964 bits per heavy atom. The number of aliphatic hydroxyl groups excluding tert-OH is 2. The lowest BCUT2D eigenvalue weighted by Crippen LogP contribution is -2.24. The molecule has 0 heterocycles. The summed E-state index contributed by atoms with van der Waals surface area (Å²) in [6.07, 6.45) is 16.0. The Morgan fingerprint density at radius 3 is 2.25 bits per heavy atom. The second kappa shape index (κ2) is 18.7. The molecule has 0 rings (SSSR count). The number of esters is 1. The van der Waals surface area contributed by atoms with Crippen molar-refractivity contribution in [2.45, 2.75) is 121 Å². The van der Waals surface area contributed by atoms with Crippen LogP contribution in [0.3, 0.4) is 0 Å². The molecule has 1 unspecified atom stereocenters. The van der Waals surface area contributed by atoms with Crippen molar-refractivity contribution in [3.63, 3.8) is 0 Å². The highest BCUT2D eigenvalue weighted by Gasteiger charge is 2.25. The lowest BCUT2D eigenvalue weighted by Gasteiger charge is -2.30. The summed E-state index contributed by atoms with van der Waals surface area (Å²) in [6.45, 7) is 4.73. The molecule has 4 nitrogen and oxygen atoms in total. The Bertz CT molecular complexity index is 365. The highest BCUT2D eigenvalue weighted by Crippen LogP contribution is 2.36. The molecule has 0 aliphatic heterocycles. The van der Waals surface area contributed by atoms with Crippen molar-refractivity contribution in [3.05, 3.63) is 0 Å². The normalized spacial score (nSPS) is 14.6. The maximum atomic E-state index is 11.1. The van der Waals surface area contributed by atoms with Gasteiger partial charge in [0.2, 0.25) is 0 Å². The highest BCUT2D eigenvalue weighted by molar-refractivity contribution is 8.00. The highest BCUT2D eigenvalue weighted by atomic mass is 32.2. The fourth-order valence-electron chi connectivity index (χ4n) is 3.56. The molecule has 5 heteroatoms. The number of thioether (sulfide) groups is 1. The minimum atomic E-state index is -0.180. The fraction of sp³-hybridized carbons (Fsp3) is 0.957. The van der Waals surface area contributed by atoms with Crippen molar-refractivity contribution in [2.24, 2.45) is 0 Å². The van der Waals surface area contributed by atoms with Gasteiger partial charge < -0.3 is 14.9 Å². The van der Waals surface area contributed by atoms with Gasteiger partial charge in [-0.15, -0.1) is 0 Å². The molecule has 0 saturated heterocycles.